The Kier molecular flexibility index (Phi) is 4.94. The fourth-order valence-electron chi connectivity index (χ4n) is 4.16. The van der Waals surface area contributed by atoms with Crippen molar-refractivity contribution in [3.05, 3.63) is 47.8 Å². The lowest BCUT2D eigenvalue weighted by Crippen LogP contribution is -2.41. The van der Waals surface area contributed by atoms with Gasteiger partial charge >= 0.3 is 5.97 Å². The summed E-state index contributed by atoms with van der Waals surface area (Å²) in [6.07, 6.45) is 5.43. The van der Waals surface area contributed by atoms with Crippen molar-refractivity contribution in [2.75, 3.05) is 13.1 Å². The van der Waals surface area contributed by atoms with Gasteiger partial charge in [0.05, 0.1) is 17.4 Å². The number of imidazole rings is 2. The molecule has 3 N–H and O–H groups in total. The number of nitrogens with zero attached hydrogens (tertiary/aromatic N) is 3. The van der Waals surface area contributed by atoms with Gasteiger partial charge in [-0.1, -0.05) is 6.07 Å². The Morgan fingerprint density at radius 3 is 3.04 bits per heavy atom. The Balaban J connectivity index is 1.51. The molecule has 27 heavy (non-hydrogen) atoms. The van der Waals surface area contributed by atoms with Crippen molar-refractivity contribution in [3.63, 3.8) is 0 Å². The fraction of sp³-hybridized carbons (Fsp3) is 0.450. The molecule has 1 aliphatic rings. The van der Waals surface area contributed by atoms with Crippen LogP contribution in [0.5, 0.6) is 0 Å². The van der Waals surface area contributed by atoms with E-state index in [4.69, 9.17) is 4.98 Å². The average Bonchev–Trinajstić information content (AvgIpc) is 3.25. The van der Waals surface area contributed by atoms with E-state index in [2.05, 4.69) is 38.9 Å². The van der Waals surface area contributed by atoms with E-state index in [0.29, 0.717) is 0 Å². The molecule has 2 atom stereocenters. The summed E-state index contributed by atoms with van der Waals surface area (Å²) in [5.41, 5.74) is 4.30. The molecule has 1 fully saturated rings. The van der Waals surface area contributed by atoms with Crippen molar-refractivity contribution in [1.82, 2.24) is 24.8 Å². The zero-order valence-electron chi connectivity index (χ0n) is 15.5. The quantitative estimate of drug-likeness (QED) is 0.622. The van der Waals surface area contributed by atoms with E-state index in [1.54, 1.807) is 6.33 Å². The number of nitrogens with one attached hydrogen (secondary N) is 2. The molecule has 0 spiro atoms. The number of hydrogen-bond acceptors (Lipinski definition) is 4. The van der Waals surface area contributed by atoms with Gasteiger partial charge in [-0.3, -0.25) is 9.69 Å². The van der Waals surface area contributed by atoms with E-state index < -0.39 is 5.97 Å². The van der Waals surface area contributed by atoms with Crippen molar-refractivity contribution in [2.45, 2.75) is 32.7 Å². The Bertz CT molecular complexity index is 918. The van der Waals surface area contributed by atoms with Crippen LogP contribution in [0.3, 0.4) is 0 Å². The molecule has 3 aromatic rings. The van der Waals surface area contributed by atoms with Crippen LogP contribution in [-0.2, 0) is 17.8 Å². The van der Waals surface area contributed by atoms with Crippen molar-refractivity contribution < 1.29 is 9.90 Å². The number of aryl methyl sites for hydroxylation is 1. The summed E-state index contributed by atoms with van der Waals surface area (Å²) in [6.45, 7) is 4.66. The third kappa shape index (κ3) is 4.19. The number of likely N-dealkylation sites (tertiary alicyclic amines) is 1. The van der Waals surface area contributed by atoms with Gasteiger partial charge in [0.15, 0.2) is 0 Å². The number of aliphatic carboxylic acids is 1. The van der Waals surface area contributed by atoms with E-state index in [0.717, 1.165) is 55.0 Å². The van der Waals surface area contributed by atoms with Crippen LogP contribution in [0.15, 0.2) is 30.7 Å². The molecule has 0 saturated carbocycles. The molecule has 0 amide bonds. The first-order chi connectivity index (χ1) is 13.1. The van der Waals surface area contributed by atoms with Crippen LogP contribution in [-0.4, -0.2) is 49.0 Å². The van der Waals surface area contributed by atoms with Gasteiger partial charge in [0.25, 0.3) is 0 Å². The smallest absolute Gasteiger partial charge is 0.303 e. The number of carboxylic acids is 1. The highest BCUT2D eigenvalue weighted by Crippen LogP contribution is 2.30. The second-order valence-corrected chi connectivity index (χ2v) is 7.63. The standard InChI is InChI=1S/C20H25N5O2/c1-13-2-3-17-18(6-13)24-19(23-17)7-15-10-25(11-16-9-21-12-22-16)5-4-14(15)8-20(26)27/h2-3,6,9,12,14-15H,4-5,7-8,10-11H2,1H3,(H,21,22)(H,23,24)(H,26,27)/t14-,15-/m0/s1. The van der Waals surface area contributed by atoms with Gasteiger partial charge in [-0.2, -0.15) is 0 Å². The first-order valence-electron chi connectivity index (χ1n) is 9.43. The third-order valence-electron chi connectivity index (χ3n) is 5.50. The second-order valence-electron chi connectivity index (χ2n) is 7.63. The highest BCUT2D eigenvalue weighted by molar-refractivity contribution is 5.75. The van der Waals surface area contributed by atoms with Crippen LogP contribution in [0.4, 0.5) is 0 Å². The third-order valence-corrected chi connectivity index (χ3v) is 5.50. The average molecular weight is 367 g/mol. The largest absolute Gasteiger partial charge is 0.481 e. The lowest BCUT2D eigenvalue weighted by atomic mass is 9.81. The van der Waals surface area contributed by atoms with Gasteiger partial charge in [-0.25, -0.2) is 9.97 Å². The molecule has 1 aliphatic heterocycles. The number of hydrogen-bond donors (Lipinski definition) is 3. The second kappa shape index (κ2) is 7.52. The molecule has 1 saturated heterocycles. The van der Waals surface area contributed by atoms with Crippen molar-refractivity contribution in [1.29, 1.82) is 0 Å². The number of H-pyrrole nitrogens is 2. The summed E-state index contributed by atoms with van der Waals surface area (Å²) >= 11 is 0. The zero-order chi connectivity index (χ0) is 18.8. The van der Waals surface area contributed by atoms with E-state index >= 15 is 0 Å². The van der Waals surface area contributed by atoms with E-state index in [1.807, 2.05) is 12.3 Å². The van der Waals surface area contributed by atoms with Gasteiger partial charge in [0.2, 0.25) is 0 Å². The number of benzene rings is 1. The molecule has 1 aromatic carbocycles. The van der Waals surface area contributed by atoms with Crippen LogP contribution in [0, 0.1) is 18.8 Å². The number of aromatic amines is 2. The van der Waals surface area contributed by atoms with Crippen molar-refractivity contribution >= 4 is 17.0 Å². The first kappa shape index (κ1) is 17.7. The molecule has 0 radical (unpaired) electrons. The highest BCUT2D eigenvalue weighted by Gasteiger charge is 2.31. The molecule has 0 unspecified atom stereocenters. The molecule has 0 aliphatic carbocycles. The summed E-state index contributed by atoms with van der Waals surface area (Å²) in [4.78, 5) is 29.1. The summed E-state index contributed by atoms with van der Waals surface area (Å²) in [7, 11) is 0. The summed E-state index contributed by atoms with van der Waals surface area (Å²) in [5, 5.41) is 9.32. The predicted octanol–water partition coefficient (Wildman–Crippen LogP) is 2.75. The monoisotopic (exact) mass is 367 g/mol. The molecular formula is C20H25N5O2. The highest BCUT2D eigenvalue weighted by atomic mass is 16.4. The molecule has 4 rings (SSSR count). The van der Waals surface area contributed by atoms with Gasteiger partial charge in [-0.05, 0) is 49.4 Å². The van der Waals surface area contributed by atoms with Crippen LogP contribution in [0.25, 0.3) is 11.0 Å². The zero-order valence-corrected chi connectivity index (χ0v) is 15.5. The molecule has 3 heterocycles. The summed E-state index contributed by atoms with van der Waals surface area (Å²) in [6, 6.07) is 6.20. The van der Waals surface area contributed by atoms with Crippen molar-refractivity contribution in [3.8, 4) is 0 Å². The van der Waals surface area contributed by atoms with Crippen LogP contribution in [0.1, 0.15) is 29.9 Å². The maximum atomic E-state index is 11.3. The number of carboxylic acid groups (broad SMARTS) is 1. The Morgan fingerprint density at radius 1 is 1.37 bits per heavy atom. The van der Waals surface area contributed by atoms with E-state index in [9.17, 15) is 9.90 Å². The van der Waals surface area contributed by atoms with Crippen LogP contribution >= 0.6 is 0 Å². The Labute approximate surface area is 157 Å². The van der Waals surface area contributed by atoms with E-state index in [1.165, 1.54) is 5.56 Å². The molecule has 7 heteroatoms. The SMILES string of the molecule is Cc1ccc2nc(C[C@H]3CN(Cc4cnc[nH]4)CC[C@H]3CC(=O)O)[nH]c2c1. The fourth-order valence-corrected chi connectivity index (χ4v) is 4.16. The number of piperidine rings is 1. The van der Waals surface area contributed by atoms with Gasteiger partial charge in [0, 0.05) is 37.8 Å². The predicted molar refractivity (Wildman–Crippen MR) is 102 cm³/mol. The molecular weight excluding hydrogens is 342 g/mol. The lowest BCUT2D eigenvalue weighted by molar-refractivity contribution is -0.139. The normalized spacial score (nSPS) is 20.9. The minimum atomic E-state index is -0.716. The molecule has 0 bridgehead atoms. The van der Waals surface area contributed by atoms with Gasteiger partial charge < -0.3 is 15.1 Å². The van der Waals surface area contributed by atoms with E-state index in [-0.39, 0.29) is 18.3 Å². The molecule has 7 nitrogen and oxygen atoms in total. The topological polar surface area (TPSA) is 97.9 Å². The summed E-state index contributed by atoms with van der Waals surface area (Å²) < 4.78 is 0. The van der Waals surface area contributed by atoms with Crippen LogP contribution in [0.2, 0.25) is 0 Å². The Morgan fingerprint density at radius 2 is 2.26 bits per heavy atom. The summed E-state index contributed by atoms with van der Waals surface area (Å²) in [5.74, 6) is 0.668. The van der Waals surface area contributed by atoms with Gasteiger partial charge in [0.1, 0.15) is 5.82 Å². The number of fused-ring (bicyclic) bond motifs is 1. The first-order valence-corrected chi connectivity index (χ1v) is 9.43. The number of rotatable bonds is 6. The maximum Gasteiger partial charge on any atom is 0.303 e. The molecule has 2 aromatic heterocycles. The minimum absolute atomic E-state index is 0.176. The number of carbonyl (C=O) groups is 1. The lowest BCUT2D eigenvalue weighted by Gasteiger charge is -2.37. The van der Waals surface area contributed by atoms with Crippen molar-refractivity contribution in [2.24, 2.45) is 11.8 Å². The van der Waals surface area contributed by atoms with Crippen LogP contribution < -0.4 is 0 Å². The maximum absolute atomic E-state index is 11.3. The minimum Gasteiger partial charge on any atom is -0.481 e. The number of aromatic nitrogens is 4. The van der Waals surface area contributed by atoms with Gasteiger partial charge in [-0.15, -0.1) is 0 Å². The molecule has 142 valence electrons. The Hall–Kier alpha value is -2.67.